The number of hydrogen-bond donors (Lipinski definition) is 2. The Balaban J connectivity index is 1.60. The summed E-state index contributed by atoms with van der Waals surface area (Å²) in [5.41, 5.74) is 1.73. The van der Waals surface area contributed by atoms with Gasteiger partial charge in [0, 0.05) is 17.8 Å². The summed E-state index contributed by atoms with van der Waals surface area (Å²) in [7, 11) is 0. The van der Waals surface area contributed by atoms with Crippen molar-refractivity contribution in [2.24, 2.45) is 0 Å². The minimum Gasteiger partial charge on any atom is -0.370 e. The fourth-order valence-corrected chi connectivity index (χ4v) is 2.67. The Morgan fingerprint density at radius 3 is 2.56 bits per heavy atom. The van der Waals surface area contributed by atoms with Crippen LogP contribution in [0, 0.1) is 5.82 Å². The van der Waals surface area contributed by atoms with E-state index in [4.69, 9.17) is 23.2 Å². The van der Waals surface area contributed by atoms with E-state index in [9.17, 15) is 4.39 Å². The molecule has 7 heteroatoms. The Kier molecular flexibility index (Phi) is 5.68. The lowest BCUT2D eigenvalue weighted by molar-refractivity contribution is 0.627. The van der Waals surface area contributed by atoms with E-state index >= 15 is 0 Å². The highest BCUT2D eigenvalue weighted by molar-refractivity contribution is 6.36. The third kappa shape index (κ3) is 5.05. The van der Waals surface area contributed by atoms with Crippen LogP contribution in [-0.4, -0.2) is 16.5 Å². The smallest absolute Gasteiger partial charge is 0.229 e. The number of anilines is 3. The molecule has 0 aliphatic heterocycles. The Hall–Kier alpha value is -2.37. The fourth-order valence-electron chi connectivity index (χ4n) is 2.21. The zero-order valence-corrected chi connectivity index (χ0v) is 14.7. The minimum atomic E-state index is -0.232. The van der Waals surface area contributed by atoms with Crippen molar-refractivity contribution >= 4 is 40.7 Å². The quantitative estimate of drug-likeness (QED) is 0.610. The second-order valence-corrected chi connectivity index (χ2v) is 6.16. The zero-order chi connectivity index (χ0) is 17.6. The van der Waals surface area contributed by atoms with Crippen molar-refractivity contribution in [3.63, 3.8) is 0 Å². The molecule has 0 bridgehead atoms. The molecule has 1 heterocycles. The third-order valence-corrected chi connectivity index (χ3v) is 4.01. The molecule has 4 nitrogen and oxygen atoms in total. The van der Waals surface area contributed by atoms with Crippen LogP contribution in [-0.2, 0) is 6.42 Å². The van der Waals surface area contributed by atoms with Gasteiger partial charge in [-0.1, -0.05) is 35.3 Å². The highest BCUT2D eigenvalue weighted by Crippen LogP contribution is 2.27. The molecule has 0 spiro atoms. The normalized spacial score (nSPS) is 10.5. The Labute approximate surface area is 155 Å². The summed E-state index contributed by atoms with van der Waals surface area (Å²) >= 11 is 12.0. The van der Waals surface area contributed by atoms with Gasteiger partial charge in [-0.3, -0.25) is 0 Å². The molecule has 3 aromatic rings. The SMILES string of the molecule is Fc1ccc(CCNc2ccnc(Nc3ccc(Cl)cc3Cl)n2)cc1. The molecule has 3 rings (SSSR count). The van der Waals surface area contributed by atoms with Crippen molar-refractivity contribution in [1.29, 1.82) is 0 Å². The van der Waals surface area contributed by atoms with E-state index in [1.54, 1.807) is 42.6 Å². The van der Waals surface area contributed by atoms with Gasteiger partial charge in [0.25, 0.3) is 0 Å². The van der Waals surface area contributed by atoms with E-state index in [-0.39, 0.29) is 5.82 Å². The van der Waals surface area contributed by atoms with Crippen molar-refractivity contribution in [1.82, 2.24) is 9.97 Å². The fraction of sp³-hybridized carbons (Fsp3) is 0.111. The molecule has 128 valence electrons. The summed E-state index contributed by atoms with van der Waals surface area (Å²) in [5.74, 6) is 0.879. The lowest BCUT2D eigenvalue weighted by atomic mass is 10.1. The van der Waals surface area contributed by atoms with Crippen LogP contribution in [0.2, 0.25) is 10.0 Å². The average molecular weight is 377 g/mol. The molecule has 25 heavy (non-hydrogen) atoms. The van der Waals surface area contributed by atoms with Crippen molar-refractivity contribution in [3.05, 3.63) is 76.2 Å². The van der Waals surface area contributed by atoms with Gasteiger partial charge in [0.2, 0.25) is 5.95 Å². The number of halogens is 3. The van der Waals surface area contributed by atoms with Crippen LogP contribution in [0.15, 0.2) is 54.7 Å². The molecule has 0 aliphatic rings. The Morgan fingerprint density at radius 1 is 1.00 bits per heavy atom. The van der Waals surface area contributed by atoms with Crippen molar-refractivity contribution in [3.8, 4) is 0 Å². The average Bonchev–Trinajstić information content (AvgIpc) is 2.60. The van der Waals surface area contributed by atoms with Crippen LogP contribution >= 0.6 is 23.2 Å². The van der Waals surface area contributed by atoms with E-state index < -0.39 is 0 Å². The summed E-state index contributed by atoms with van der Waals surface area (Å²) in [4.78, 5) is 8.57. The highest BCUT2D eigenvalue weighted by atomic mass is 35.5. The first-order valence-electron chi connectivity index (χ1n) is 7.63. The Bertz CT molecular complexity index is 856. The largest absolute Gasteiger partial charge is 0.370 e. The first-order chi connectivity index (χ1) is 12.1. The van der Waals surface area contributed by atoms with Gasteiger partial charge in [-0.15, -0.1) is 0 Å². The predicted octanol–water partition coefficient (Wildman–Crippen LogP) is 5.32. The molecule has 2 aromatic carbocycles. The van der Waals surface area contributed by atoms with Crippen molar-refractivity contribution in [2.45, 2.75) is 6.42 Å². The van der Waals surface area contributed by atoms with Gasteiger partial charge in [-0.25, -0.2) is 9.37 Å². The number of nitrogens with zero attached hydrogens (tertiary/aromatic N) is 2. The van der Waals surface area contributed by atoms with E-state index in [1.165, 1.54) is 12.1 Å². The van der Waals surface area contributed by atoms with Crippen LogP contribution in [0.3, 0.4) is 0 Å². The molecule has 0 saturated carbocycles. The van der Waals surface area contributed by atoms with Crippen molar-refractivity contribution < 1.29 is 4.39 Å². The maximum Gasteiger partial charge on any atom is 0.229 e. The number of nitrogens with one attached hydrogen (secondary N) is 2. The number of hydrogen-bond acceptors (Lipinski definition) is 4. The van der Waals surface area contributed by atoms with Crippen LogP contribution in [0.5, 0.6) is 0 Å². The molecule has 1 aromatic heterocycles. The standard InChI is InChI=1S/C18H15Cl2FN4/c19-13-3-6-16(15(20)11-13)24-18-23-10-8-17(25-18)22-9-7-12-1-4-14(21)5-2-12/h1-6,8,10-11H,7,9H2,(H2,22,23,24,25). The van der Waals surface area contributed by atoms with Crippen molar-refractivity contribution in [2.75, 3.05) is 17.2 Å². The molecule has 0 fully saturated rings. The lowest BCUT2D eigenvalue weighted by Gasteiger charge is -2.09. The first-order valence-corrected chi connectivity index (χ1v) is 8.39. The number of rotatable bonds is 6. The second kappa shape index (κ2) is 8.14. The summed E-state index contributed by atoms with van der Waals surface area (Å²) < 4.78 is 12.9. The van der Waals surface area contributed by atoms with Gasteiger partial charge in [-0.2, -0.15) is 4.98 Å². The molecule has 0 atom stereocenters. The van der Waals surface area contributed by atoms with Gasteiger partial charge >= 0.3 is 0 Å². The first kappa shape index (κ1) is 17.5. The maximum atomic E-state index is 12.9. The Morgan fingerprint density at radius 2 is 1.80 bits per heavy atom. The third-order valence-electron chi connectivity index (χ3n) is 3.47. The molecule has 0 amide bonds. The number of aromatic nitrogens is 2. The van der Waals surface area contributed by atoms with Gasteiger partial charge in [-0.05, 0) is 48.4 Å². The van der Waals surface area contributed by atoms with Crippen LogP contribution in [0.25, 0.3) is 0 Å². The van der Waals surface area contributed by atoms with E-state index in [2.05, 4.69) is 20.6 Å². The van der Waals surface area contributed by atoms with Gasteiger partial charge in [0.1, 0.15) is 11.6 Å². The number of benzene rings is 2. The van der Waals surface area contributed by atoms with E-state index in [0.29, 0.717) is 34.0 Å². The van der Waals surface area contributed by atoms with Gasteiger partial charge < -0.3 is 10.6 Å². The molecular weight excluding hydrogens is 362 g/mol. The van der Waals surface area contributed by atoms with Crippen LogP contribution in [0.1, 0.15) is 5.56 Å². The van der Waals surface area contributed by atoms with Gasteiger partial charge in [0.05, 0.1) is 10.7 Å². The molecule has 0 aliphatic carbocycles. The van der Waals surface area contributed by atoms with Crippen LogP contribution in [0.4, 0.5) is 21.8 Å². The molecule has 0 radical (unpaired) electrons. The second-order valence-electron chi connectivity index (χ2n) is 5.32. The summed E-state index contributed by atoms with van der Waals surface area (Å²) in [6, 6.07) is 13.4. The monoisotopic (exact) mass is 376 g/mol. The molecule has 0 saturated heterocycles. The highest BCUT2D eigenvalue weighted by Gasteiger charge is 2.04. The summed E-state index contributed by atoms with van der Waals surface area (Å²) in [6.45, 7) is 0.670. The zero-order valence-electron chi connectivity index (χ0n) is 13.1. The lowest BCUT2D eigenvalue weighted by Crippen LogP contribution is -2.08. The predicted molar refractivity (Wildman–Crippen MR) is 100 cm³/mol. The van der Waals surface area contributed by atoms with E-state index in [1.807, 2.05) is 0 Å². The summed E-state index contributed by atoms with van der Waals surface area (Å²) in [6.07, 6.45) is 2.41. The maximum absolute atomic E-state index is 12.9. The molecular formula is C18H15Cl2FN4. The summed E-state index contributed by atoms with van der Waals surface area (Å²) in [5, 5.41) is 7.33. The van der Waals surface area contributed by atoms with Gasteiger partial charge in [0.15, 0.2) is 0 Å². The minimum absolute atomic E-state index is 0.232. The topological polar surface area (TPSA) is 49.8 Å². The molecule has 0 unspecified atom stereocenters. The van der Waals surface area contributed by atoms with Crippen LogP contribution < -0.4 is 10.6 Å². The molecule has 2 N–H and O–H groups in total. The van der Waals surface area contributed by atoms with E-state index in [0.717, 1.165) is 12.0 Å².